The van der Waals surface area contributed by atoms with Gasteiger partial charge in [-0.15, -0.1) is 0 Å². The van der Waals surface area contributed by atoms with Crippen LogP contribution < -0.4 is 9.47 Å². The number of aliphatic hydroxyl groups is 1. The summed E-state index contributed by atoms with van der Waals surface area (Å²) in [6.45, 7) is 2.66. The number of halogens is 2. The first-order valence-corrected chi connectivity index (χ1v) is 16.3. The van der Waals surface area contributed by atoms with Crippen molar-refractivity contribution in [1.29, 1.82) is 0 Å². The summed E-state index contributed by atoms with van der Waals surface area (Å²) in [6, 6.07) is 26.3. The van der Waals surface area contributed by atoms with Crippen molar-refractivity contribution in [3.05, 3.63) is 127 Å². The van der Waals surface area contributed by atoms with Crippen molar-refractivity contribution in [3.63, 3.8) is 0 Å². The summed E-state index contributed by atoms with van der Waals surface area (Å²) < 4.78 is 18.3. The average molecular weight is 755 g/mol. The van der Waals surface area contributed by atoms with Crippen LogP contribution in [0.3, 0.4) is 0 Å². The van der Waals surface area contributed by atoms with Gasteiger partial charge < -0.3 is 24.2 Å². The highest BCUT2D eigenvalue weighted by molar-refractivity contribution is 9.10. The molecule has 4 aromatic rings. The van der Waals surface area contributed by atoms with Gasteiger partial charge in [0.1, 0.15) is 17.6 Å². The highest BCUT2D eigenvalue weighted by Gasteiger charge is 2.23. The molecule has 4 aromatic carbocycles. The molecule has 0 saturated carbocycles. The van der Waals surface area contributed by atoms with Gasteiger partial charge in [-0.25, -0.2) is 0 Å². The van der Waals surface area contributed by atoms with Crippen LogP contribution in [0.2, 0.25) is 0 Å². The predicted molar refractivity (Wildman–Crippen MR) is 186 cm³/mol. The summed E-state index contributed by atoms with van der Waals surface area (Å²) in [5.74, 6) is 0.955. The number of nitrogens with zero attached hydrogens (tertiary/aromatic N) is 2. The van der Waals surface area contributed by atoms with Crippen molar-refractivity contribution in [2.45, 2.75) is 12.6 Å². The van der Waals surface area contributed by atoms with Gasteiger partial charge in [0.15, 0.2) is 5.78 Å². The molecule has 8 nitrogen and oxygen atoms in total. The molecule has 242 valence electrons. The van der Waals surface area contributed by atoms with E-state index in [4.69, 9.17) is 19.3 Å². The van der Waals surface area contributed by atoms with E-state index >= 15 is 0 Å². The Morgan fingerprint density at radius 3 is 2.13 bits per heavy atom. The number of benzene rings is 4. The SMILES string of the molecule is COc1ccc(C(=O)c2cc(Br)ccc2C(=O)N(C)CCO)cc1.COc1ccc(C2OCCN(C)Cc3ccc(Br)cc32)cc1. The topological polar surface area (TPSA) is 88.5 Å². The lowest BCUT2D eigenvalue weighted by Crippen LogP contribution is -2.30. The maximum Gasteiger partial charge on any atom is 0.254 e. The van der Waals surface area contributed by atoms with Crippen LogP contribution >= 0.6 is 31.9 Å². The predicted octanol–water partition coefficient (Wildman–Crippen LogP) is 6.76. The van der Waals surface area contributed by atoms with Crippen LogP contribution in [-0.4, -0.2) is 81.2 Å². The fraction of sp³-hybridized carbons (Fsp3) is 0.278. The molecule has 1 heterocycles. The van der Waals surface area contributed by atoms with Crippen LogP contribution in [0.15, 0.2) is 93.9 Å². The van der Waals surface area contributed by atoms with Crippen molar-refractivity contribution in [2.75, 3.05) is 54.6 Å². The largest absolute Gasteiger partial charge is 0.497 e. The van der Waals surface area contributed by atoms with Crippen molar-refractivity contribution in [1.82, 2.24) is 9.80 Å². The maximum absolute atomic E-state index is 12.8. The standard InChI is InChI=1S/C18H18BrNO4.C18H20BrNO2/c1-20(9-10-21)18(23)15-8-5-13(19)11-16(15)17(22)12-3-6-14(24-2)7-4-12;1-20-9-10-22-18(13-4-7-16(21-2)8-5-13)17-11-15(19)6-3-14(17)12-20/h3-8,11,21H,9-10H2,1-2H3;3-8,11,18H,9-10,12H2,1-2H3. The van der Waals surface area contributed by atoms with Crippen LogP contribution in [-0.2, 0) is 11.3 Å². The Morgan fingerprint density at radius 2 is 1.50 bits per heavy atom. The number of amides is 1. The molecule has 46 heavy (non-hydrogen) atoms. The van der Waals surface area contributed by atoms with E-state index < -0.39 is 0 Å². The molecule has 10 heteroatoms. The van der Waals surface area contributed by atoms with Crippen molar-refractivity contribution in [2.24, 2.45) is 0 Å². The summed E-state index contributed by atoms with van der Waals surface area (Å²) in [5, 5.41) is 9.00. The van der Waals surface area contributed by atoms with E-state index in [1.165, 1.54) is 16.0 Å². The summed E-state index contributed by atoms with van der Waals surface area (Å²) in [4.78, 5) is 29.0. The van der Waals surface area contributed by atoms with E-state index in [0.717, 1.165) is 35.5 Å². The van der Waals surface area contributed by atoms with Gasteiger partial charge in [-0.3, -0.25) is 14.5 Å². The van der Waals surface area contributed by atoms with Crippen LogP contribution in [0.25, 0.3) is 0 Å². The summed E-state index contributed by atoms with van der Waals surface area (Å²) in [5.41, 5.74) is 4.77. The Hall–Kier alpha value is -3.54. The Labute approximate surface area is 287 Å². The third kappa shape index (κ3) is 9.04. The molecule has 0 radical (unpaired) electrons. The lowest BCUT2D eigenvalue weighted by atomic mass is 9.95. The Kier molecular flexibility index (Phi) is 12.9. The zero-order valence-corrected chi connectivity index (χ0v) is 29.5. The first kappa shape index (κ1) is 35.3. The van der Waals surface area contributed by atoms with E-state index in [1.807, 2.05) is 12.1 Å². The van der Waals surface area contributed by atoms with E-state index in [0.29, 0.717) is 26.9 Å². The van der Waals surface area contributed by atoms with Crippen molar-refractivity contribution >= 4 is 43.6 Å². The highest BCUT2D eigenvalue weighted by Crippen LogP contribution is 2.33. The van der Waals surface area contributed by atoms with Gasteiger partial charge in [0.05, 0.1) is 33.0 Å². The summed E-state index contributed by atoms with van der Waals surface area (Å²) >= 11 is 6.92. The minimum atomic E-state index is -0.312. The molecule has 1 amide bonds. The number of ether oxygens (including phenoxy) is 3. The Morgan fingerprint density at radius 1 is 0.891 bits per heavy atom. The van der Waals surface area contributed by atoms with Gasteiger partial charge in [-0.05, 0) is 90.5 Å². The molecule has 0 aliphatic carbocycles. The molecule has 0 aromatic heterocycles. The quantitative estimate of drug-likeness (QED) is 0.199. The molecular formula is C36H38Br2N2O6. The summed E-state index contributed by atoms with van der Waals surface area (Å²) in [7, 11) is 6.95. The van der Waals surface area contributed by atoms with Crippen LogP contribution in [0.1, 0.15) is 49.1 Å². The molecule has 1 N–H and O–H groups in total. The van der Waals surface area contributed by atoms with E-state index in [2.05, 4.69) is 74.1 Å². The fourth-order valence-corrected chi connectivity index (χ4v) is 5.78. The second kappa shape index (κ2) is 16.9. The zero-order valence-electron chi connectivity index (χ0n) is 26.3. The molecule has 1 unspecified atom stereocenters. The molecule has 0 fully saturated rings. The smallest absolute Gasteiger partial charge is 0.254 e. The lowest BCUT2D eigenvalue weighted by Gasteiger charge is -2.28. The number of hydrogen-bond acceptors (Lipinski definition) is 7. The third-order valence-electron chi connectivity index (χ3n) is 7.60. The average Bonchev–Trinajstić information content (AvgIpc) is 3.06. The zero-order chi connectivity index (χ0) is 33.2. The van der Waals surface area contributed by atoms with Crippen LogP contribution in [0, 0.1) is 0 Å². The minimum absolute atomic E-state index is 0.0351. The second-order valence-electron chi connectivity index (χ2n) is 10.8. The normalized spacial score (nSPS) is 14.5. The van der Waals surface area contributed by atoms with Crippen LogP contribution in [0.5, 0.6) is 11.5 Å². The number of fused-ring (bicyclic) bond motifs is 1. The first-order chi connectivity index (χ1) is 22.1. The maximum atomic E-state index is 12.8. The Balaban J connectivity index is 0.000000209. The molecular weight excluding hydrogens is 716 g/mol. The number of hydrogen-bond donors (Lipinski definition) is 1. The molecule has 0 bridgehead atoms. The number of aliphatic hydroxyl groups excluding tert-OH is 1. The van der Waals surface area contributed by atoms with Gasteiger partial charge >= 0.3 is 0 Å². The monoisotopic (exact) mass is 752 g/mol. The first-order valence-electron chi connectivity index (χ1n) is 14.7. The van der Waals surface area contributed by atoms with Gasteiger partial charge in [0.2, 0.25) is 0 Å². The molecule has 5 rings (SSSR count). The number of ketones is 1. The number of carbonyl (C=O) groups excluding carboxylic acids is 2. The number of carbonyl (C=O) groups is 2. The van der Waals surface area contributed by atoms with Crippen molar-refractivity contribution < 1.29 is 28.9 Å². The number of methoxy groups -OCH3 is 2. The van der Waals surface area contributed by atoms with Gasteiger partial charge in [0, 0.05) is 46.8 Å². The molecule has 1 aliphatic rings. The molecule has 0 spiro atoms. The molecule has 1 aliphatic heterocycles. The second-order valence-corrected chi connectivity index (χ2v) is 12.6. The van der Waals surface area contributed by atoms with E-state index in [-0.39, 0.29) is 30.9 Å². The number of likely N-dealkylation sites (N-methyl/N-ethyl adjacent to an activating group) is 2. The minimum Gasteiger partial charge on any atom is -0.497 e. The lowest BCUT2D eigenvalue weighted by molar-refractivity contribution is 0.0553. The summed E-state index contributed by atoms with van der Waals surface area (Å²) in [6.07, 6.45) is -0.0351. The molecule has 0 saturated heterocycles. The van der Waals surface area contributed by atoms with Crippen LogP contribution in [0.4, 0.5) is 0 Å². The number of rotatable bonds is 8. The van der Waals surface area contributed by atoms with Gasteiger partial charge in [-0.1, -0.05) is 50.1 Å². The van der Waals surface area contributed by atoms with E-state index in [9.17, 15) is 9.59 Å². The van der Waals surface area contributed by atoms with Gasteiger partial charge in [0.25, 0.3) is 5.91 Å². The van der Waals surface area contributed by atoms with Crippen molar-refractivity contribution in [3.8, 4) is 11.5 Å². The third-order valence-corrected chi connectivity index (χ3v) is 8.58. The Bertz CT molecular complexity index is 1630. The molecule has 1 atom stereocenters. The van der Waals surface area contributed by atoms with Gasteiger partial charge in [-0.2, -0.15) is 0 Å². The fourth-order valence-electron chi connectivity index (χ4n) is 5.04. The van der Waals surface area contributed by atoms with E-state index in [1.54, 1.807) is 63.7 Å². The highest BCUT2D eigenvalue weighted by atomic mass is 79.9.